The van der Waals surface area contributed by atoms with E-state index in [4.69, 9.17) is 9.73 Å². The van der Waals surface area contributed by atoms with Gasteiger partial charge in [-0.15, -0.1) is 0 Å². The molecular weight excluding hydrogens is 286 g/mol. The Bertz CT molecular complexity index is 567. The van der Waals surface area contributed by atoms with Gasteiger partial charge in [0.05, 0.1) is 24.8 Å². The van der Waals surface area contributed by atoms with E-state index in [9.17, 15) is 0 Å². The fourth-order valence-corrected chi connectivity index (χ4v) is 4.00. The average Bonchev–Trinajstić information content (AvgIpc) is 3.09. The lowest BCUT2D eigenvalue weighted by Gasteiger charge is -2.23. The molecule has 1 aromatic rings. The molecule has 2 N–H and O–H groups in total. The molecule has 3 unspecified atom stereocenters. The van der Waals surface area contributed by atoms with Crippen LogP contribution in [0.5, 0.6) is 0 Å². The zero-order valence-electron chi connectivity index (χ0n) is 13.9. The standard InChI is InChI=1S/C19H27N3O/c1-2-20-18(22-16-12-15-8-9-17(16)23-15)21-13-19(10-11-19)14-6-4-3-5-7-14/h3-7,15-17H,2,8-13H2,1H3,(H2,20,21,22). The van der Waals surface area contributed by atoms with Gasteiger partial charge in [-0.25, -0.2) is 0 Å². The molecule has 2 heterocycles. The first kappa shape index (κ1) is 15.0. The van der Waals surface area contributed by atoms with Crippen LogP contribution in [0.4, 0.5) is 0 Å². The summed E-state index contributed by atoms with van der Waals surface area (Å²) < 4.78 is 5.95. The number of benzene rings is 1. The molecule has 0 amide bonds. The van der Waals surface area contributed by atoms with Gasteiger partial charge in [0.1, 0.15) is 0 Å². The van der Waals surface area contributed by atoms with Crippen LogP contribution in [-0.4, -0.2) is 37.3 Å². The van der Waals surface area contributed by atoms with Gasteiger partial charge in [-0.05, 0) is 44.6 Å². The highest BCUT2D eigenvalue weighted by molar-refractivity contribution is 5.80. The van der Waals surface area contributed by atoms with Gasteiger partial charge in [0.2, 0.25) is 0 Å². The van der Waals surface area contributed by atoms with Crippen molar-refractivity contribution in [3.8, 4) is 0 Å². The molecule has 2 saturated heterocycles. The second kappa shape index (κ2) is 6.16. The molecular formula is C19H27N3O. The summed E-state index contributed by atoms with van der Waals surface area (Å²) in [6, 6.07) is 11.3. The van der Waals surface area contributed by atoms with Crippen LogP contribution >= 0.6 is 0 Å². The number of nitrogens with zero attached hydrogens (tertiary/aromatic N) is 1. The molecule has 0 aromatic heterocycles. The summed E-state index contributed by atoms with van der Waals surface area (Å²) in [6.07, 6.45) is 6.89. The van der Waals surface area contributed by atoms with E-state index in [0.29, 0.717) is 18.2 Å². The van der Waals surface area contributed by atoms with Gasteiger partial charge in [0, 0.05) is 12.0 Å². The van der Waals surface area contributed by atoms with Crippen molar-refractivity contribution in [2.24, 2.45) is 4.99 Å². The van der Waals surface area contributed by atoms with Crippen LogP contribution in [0.1, 0.15) is 44.6 Å². The van der Waals surface area contributed by atoms with E-state index in [-0.39, 0.29) is 5.41 Å². The Morgan fingerprint density at radius 3 is 2.70 bits per heavy atom. The lowest BCUT2D eigenvalue weighted by molar-refractivity contribution is 0.0992. The molecule has 2 aliphatic heterocycles. The third-order valence-corrected chi connectivity index (χ3v) is 5.55. The summed E-state index contributed by atoms with van der Waals surface area (Å²) in [5.74, 6) is 0.954. The van der Waals surface area contributed by atoms with Gasteiger partial charge in [0.15, 0.2) is 5.96 Å². The number of hydrogen-bond acceptors (Lipinski definition) is 2. The van der Waals surface area contributed by atoms with Gasteiger partial charge in [-0.1, -0.05) is 30.3 Å². The van der Waals surface area contributed by atoms with E-state index in [1.165, 1.54) is 31.2 Å². The quantitative estimate of drug-likeness (QED) is 0.649. The van der Waals surface area contributed by atoms with Crippen molar-refractivity contribution in [2.45, 2.75) is 62.7 Å². The summed E-state index contributed by atoms with van der Waals surface area (Å²) in [6.45, 7) is 3.89. The Labute approximate surface area is 138 Å². The number of guanidine groups is 1. The van der Waals surface area contributed by atoms with E-state index < -0.39 is 0 Å². The normalized spacial score (nSPS) is 31.2. The molecule has 3 fully saturated rings. The van der Waals surface area contributed by atoms with Gasteiger partial charge in [0.25, 0.3) is 0 Å². The highest BCUT2D eigenvalue weighted by atomic mass is 16.5. The van der Waals surface area contributed by atoms with Gasteiger partial charge >= 0.3 is 0 Å². The first-order chi connectivity index (χ1) is 11.3. The van der Waals surface area contributed by atoms with E-state index in [1.807, 2.05) is 0 Å². The average molecular weight is 313 g/mol. The molecule has 3 aliphatic rings. The van der Waals surface area contributed by atoms with Crippen molar-refractivity contribution in [1.29, 1.82) is 0 Å². The monoisotopic (exact) mass is 313 g/mol. The number of aliphatic imine (C=N–C) groups is 1. The molecule has 4 heteroatoms. The van der Waals surface area contributed by atoms with Gasteiger partial charge in [-0.2, -0.15) is 0 Å². The summed E-state index contributed by atoms with van der Waals surface area (Å²) in [7, 11) is 0. The van der Waals surface area contributed by atoms with Crippen LogP contribution in [-0.2, 0) is 10.2 Å². The number of ether oxygens (including phenoxy) is 1. The van der Waals surface area contributed by atoms with Crippen LogP contribution in [0.2, 0.25) is 0 Å². The van der Waals surface area contributed by atoms with Crippen LogP contribution in [0.25, 0.3) is 0 Å². The molecule has 1 saturated carbocycles. The Balaban J connectivity index is 1.42. The number of rotatable bonds is 5. The fourth-order valence-electron chi connectivity index (χ4n) is 4.00. The minimum atomic E-state index is 0.273. The molecule has 4 nitrogen and oxygen atoms in total. The molecule has 23 heavy (non-hydrogen) atoms. The molecule has 0 radical (unpaired) electrons. The number of hydrogen-bond donors (Lipinski definition) is 2. The number of nitrogens with one attached hydrogen (secondary N) is 2. The molecule has 3 atom stereocenters. The zero-order chi connectivity index (χ0) is 15.7. The molecule has 124 valence electrons. The summed E-state index contributed by atoms with van der Waals surface area (Å²) >= 11 is 0. The topological polar surface area (TPSA) is 45.7 Å². The van der Waals surface area contributed by atoms with E-state index in [0.717, 1.165) is 25.5 Å². The summed E-state index contributed by atoms with van der Waals surface area (Å²) in [4.78, 5) is 4.91. The van der Waals surface area contributed by atoms with Crippen LogP contribution in [0, 0.1) is 0 Å². The highest BCUT2D eigenvalue weighted by Crippen LogP contribution is 2.48. The summed E-state index contributed by atoms with van der Waals surface area (Å²) in [5.41, 5.74) is 1.71. The third kappa shape index (κ3) is 3.09. The van der Waals surface area contributed by atoms with Gasteiger partial charge < -0.3 is 15.4 Å². The molecule has 4 rings (SSSR count). The maximum atomic E-state index is 5.95. The molecule has 2 bridgehead atoms. The minimum absolute atomic E-state index is 0.273. The Kier molecular flexibility index (Phi) is 4.02. The predicted octanol–water partition coefficient (Wildman–Crippen LogP) is 2.59. The Morgan fingerprint density at radius 2 is 2.09 bits per heavy atom. The fraction of sp³-hybridized carbons (Fsp3) is 0.632. The summed E-state index contributed by atoms with van der Waals surface area (Å²) in [5, 5.41) is 7.02. The van der Waals surface area contributed by atoms with Crippen molar-refractivity contribution in [1.82, 2.24) is 10.6 Å². The van der Waals surface area contributed by atoms with Crippen LogP contribution in [0.15, 0.2) is 35.3 Å². The molecule has 1 aromatic carbocycles. The van der Waals surface area contributed by atoms with Gasteiger partial charge in [-0.3, -0.25) is 4.99 Å². The van der Waals surface area contributed by atoms with E-state index >= 15 is 0 Å². The first-order valence-corrected chi connectivity index (χ1v) is 9.05. The van der Waals surface area contributed by atoms with Crippen molar-refractivity contribution in [3.63, 3.8) is 0 Å². The van der Waals surface area contributed by atoms with Crippen molar-refractivity contribution in [2.75, 3.05) is 13.1 Å². The van der Waals surface area contributed by atoms with E-state index in [1.54, 1.807) is 0 Å². The smallest absolute Gasteiger partial charge is 0.191 e. The second-order valence-corrected chi connectivity index (χ2v) is 7.20. The maximum absolute atomic E-state index is 5.95. The van der Waals surface area contributed by atoms with Crippen molar-refractivity contribution in [3.05, 3.63) is 35.9 Å². The Morgan fingerprint density at radius 1 is 1.26 bits per heavy atom. The Hall–Kier alpha value is -1.55. The molecule has 0 spiro atoms. The minimum Gasteiger partial charge on any atom is -0.373 e. The largest absolute Gasteiger partial charge is 0.373 e. The maximum Gasteiger partial charge on any atom is 0.191 e. The number of fused-ring (bicyclic) bond motifs is 2. The van der Waals surface area contributed by atoms with Crippen LogP contribution in [0.3, 0.4) is 0 Å². The zero-order valence-corrected chi connectivity index (χ0v) is 13.9. The highest BCUT2D eigenvalue weighted by Gasteiger charge is 2.44. The first-order valence-electron chi connectivity index (χ1n) is 9.05. The van der Waals surface area contributed by atoms with Crippen molar-refractivity contribution < 1.29 is 4.74 Å². The molecule has 1 aliphatic carbocycles. The lowest BCUT2D eigenvalue weighted by atomic mass is 9.95. The van der Waals surface area contributed by atoms with Crippen LogP contribution < -0.4 is 10.6 Å². The lowest BCUT2D eigenvalue weighted by Crippen LogP contribution is -2.47. The third-order valence-electron chi connectivity index (χ3n) is 5.55. The van der Waals surface area contributed by atoms with E-state index in [2.05, 4.69) is 47.9 Å². The van der Waals surface area contributed by atoms with Crippen molar-refractivity contribution >= 4 is 5.96 Å². The SMILES string of the molecule is CCNC(=NCC1(c2ccccc2)CC1)NC1CC2CCC1O2. The predicted molar refractivity (Wildman–Crippen MR) is 92.8 cm³/mol. The second-order valence-electron chi connectivity index (χ2n) is 7.20.